The SMILES string of the molecule is CC(O)C(CO)NC(=O)C(CS)NC(=O)C(NC(=O)C(CCCCN)NC(=O)C(CS)NC(=O)C(N)Cc1ccccc1)C(C)O. The fraction of sp³-hybridized carbons (Fsp3) is 0.621. The summed E-state index contributed by atoms with van der Waals surface area (Å²) in [7, 11) is 0. The summed E-state index contributed by atoms with van der Waals surface area (Å²) >= 11 is 8.25. The molecular weight excluding hydrogens is 638 g/mol. The molecule has 17 heteroatoms. The Bertz CT molecular complexity index is 1120. The number of hydrogen-bond acceptors (Lipinski definition) is 12. The molecule has 0 spiro atoms. The Hall–Kier alpha value is -2.93. The van der Waals surface area contributed by atoms with Crippen LogP contribution in [0.5, 0.6) is 0 Å². The Morgan fingerprint density at radius 2 is 1.26 bits per heavy atom. The Labute approximate surface area is 280 Å². The minimum Gasteiger partial charge on any atom is -0.394 e. The average molecular weight is 688 g/mol. The van der Waals surface area contributed by atoms with Crippen molar-refractivity contribution in [2.75, 3.05) is 24.7 Å². The van der Waals surface area contributed by atoms with Gasteiger partial charge in [-0.05, 0) is 51.6 Å². The molecule has 0 aromatic heterocycles. The lowest BCUT2D eigenvalue weighted by Gasteiger charge is -2.28. The van der Waals surface area contributed by atoms with Crippen LogP contribution in [0.3, 0.4) is 0 Å². The molecule has 1 aromatic rings. The van der Waals surface area contributed by atoms with Crippen LogP contribution in [-0.2, 0) is 30.4 Å². The van der Waals surface area contributed by atoms with Crippen LogP contribution in [0.25, 0.3) is 0 Å². The van der Waals surface area contributed by atoms with Gasteiger partial charge in [0.2, 0.25) is 29.5 Å². The summed E-state index contributed by atoms with van der Waals surface area (Å²) in [5.41, 5.74) is 12.5. The van der Waals surface area contributed by atoms with Crippen LogP contribution in [0, 0.1) is 0 Å². The van der Waals surface area contributed by atoms with Gasteiger partial charge in [-0.25, -0.2) is 0 Å². The summed E-state index contributed by atoms with van der Waals surface area (Å²) in [6, 6.07) is 2.04. The van der Waals surface area contributed by atoms with Crippen LogP contribution in [0.15, 0.2) is 30.3 Å². The Kier molecular flexibility index (Phi) is 19.5. The minimum absolute atomic E-state index is 0.106. The second kappa shape index (κ2) is 21.8. The highest BCUT2D eigenvalue weighted by molar-refractivity contribution is 7.80. The molecule has 0 aliphatic carbocycles. The third-order valence-corrected chi connectivity index (χ3v) is 7.75. The zero-order chi connectivity index (χ0) is 34.8. The molecule has 0 fully saturated rings. The molecule has 0 aliphatic heterocycles. The van der Waals surface area contributed by atoms with Gasteiger partial charge >= 0.3 is 0 Å². The van der Waals surface area contributed by atoms with E-state index < -0.39 is 84.6 Å². The molecule has 1 rings (SSSR count). The number of carbonyl (C=O) groups excluding carboxylic acids is 5. The highest BCUT2D eigenvalue weighted by Gasteiger charge is 2.33. The first-order valence-corrected chi connectivity index (χ1v) is 16.3. The Balaban J connectivity index is 2.99. The van der Waals surface area contributed by atoms with Crippen LogP contribution in [0.1, 0.15) is 38.7 Å². The average Bonchev–Trinajstić information content (AvgIpc) is 3.02. The first-order chi connectivity index (χ1) is 21.8. The fourth-order valence-electron chi connectivity index (χ4n) is 4.18. The fourth-order valence-corrected chi connectivity index (χ4v) is 4.70. The molecule has 1 aromatic carbocycles. The van der Waals surface area contributed by atoms with E-state index in [-0.39, 0.29) is 24.3 Å². The Morgan fingerprint density at radius 3 is 1.76 bits per heavy atom. The van der Waals surface area contributed by atoms with Crippen molar-refractivity contribution in [3.8, 4) is 0 Å². The van der Waals surface area contributed by atoms with E-state index >= 15 is 0 Å². The normalized spacial score (nSPS) is 16.4. The zero-order valence-corrected chi connectivity index (χ0v) is 27.9. The van der Waals surface area contributed by atoms with Crippen LogP contribution in [-0.4, -0.2) is 118 Å². The van der Waals surface area contributed by atoms with Gasteiger partial charge in [0.05, 0.1) is 30.9 Å². The van der Waals surface area contributed by atoms with E-state index in [9.17, 15) is 39.3 Å². The molecule has 12 N–H and O–H groups in total. The number of nitrogens with one attached hydrogen (secondary N) is 5. The molecule has 0 saturated heterocycles. The molecular formula is C29H49N7O8S2. The molecule has 0 radical (unpaired) electrons. The molecule has 0 heterocycles. The standard InChI is InChI=1S/C29H49N7O8S2/c1-16(38)21(13-37)33-28(43)23(15-46)35-29(44)24(17(2)39)36-26(41)20(10-6-7-11-30)32-27(42)22(14-45)34-25(40)19(31)12-18-8-4-3-5-9-18/h3-5,8-9,16-17,19-24,37-39,45-46H,6-7,10-15,30-31H2,1-2H3,(H,32,42)(H,33,43)(H,34,40)(H,35,44)(H,36,41). The molecule has 0 saturated carbocycles. The maximum absolute atomic E-state index is 13.4. The number of aliphatic hydroxyl groups excluding tert-OH is 3. The number of hydrogen-bond donors (Lipinski definition) is 12. The number of benzene rings is 1. The maximum atomic E-state index is 13.4. The van der Waals surface area contributed by atoms with Crippen molar-refractivity contribution < 1.29 is 39.3 Å². The number of thiol groups is 2. The van der Waals surface area contributed by atoms with Gasteiger partial charge in [-0.2, -0.15) is 25.3 Å². The van der Waals surface area contributed by atoms with Gasteiger partial charge in [-0.15, -0.1) is 0 Å². The number of carbonyl (C=O) groups is 5. The van der Waals surface area contributed by atoms with E-state index in [0.29, 0.717) is 19.4 Å². The van der Waals surface area contributed by atoms with Crippen molar-refractivity contribution in [1.82, 2.24) is 26.6 Å². The van der Waals surface area contributed by atoms with Gasteiger partial charge in [-0.1, -0.05) is 30.3 Å². The second-order valence-electron chi connectivity index (χ2n) is 10.9. The summed E-state index contributed by atoms with van der Waals surface area (Å²) in [6.07, 6.45) is -1.20. The van der Waals surface area contributed by atoms with E-state index in [0.717, 1.165) is 5.56 Å². The number of aliphatic hydroxyl groups is 3. The van der Waals surface area contributed by atoms with Crippen LogP contribution >= 0.6 is 25.3 Å². The van der Waals surface area contributed by atoms with E-state index in [1.54, 1.807) is 0 Å². The molecule has 8 unspecified atom stereocenters. The summed E-state index contributed by atoms with van der Waals surface area (Å²) < 4.78 is 0. The van der Waals surface area contributed by atoms with Crippen molar-refractivity contribution in [2.24, 2.45) is 11.5 Å². The highest BCUT2D eigenvalue weighted by atomic mass is 32.1. The smallest absolute Gasteiger partial charge is 0.245 e. The lowest BCUT2D eigenvalue weighted by atomic mass is 10.0. The lowest BCUT2D eigenvalue weighted by Crippen LogP contribution is -2.62. The van der Waals surface area contributed by atoms with E-state index in [1.165, 1.54) is 13.8 Å². The van der Waals surface area contributed by atoms with Gasteiger partial charge < -0.3 is 53.4 Å². The molecule has 0 aliphatic rings. The Morgan fingerprint density at radius 1 is 0.739 bits per heavy atom. The van der Waals surface area contributed by atoms with Crippen LogP contribution in [0.2, 0.25) is 0 Å². The zero-order valence-electron chi connectivity index (χ0n) is 26.1. The largest absolute Gasteiger partial charge is 0.394 e. The third kappa shape index (κ3) is 14.2. The molecule has 5 amide bonds. The predicted molar refractivity (Wildman–Crippen MR) is 179 cm³/mol. The monoisotopic (exact) mass is 687 g/mol. The predicted octanol–water partition coefficient (Wildman–Crippen LogP) is -3.28. The van der Waals surface area contributed by atoms with E-state index in [4.69, 9.17) is 11.5 Å². The van der Waals surface area contributed by atoms with Crippen LogP contribution in [0.4, 0.5) is 0 Å². The molecule has 0 bridgehead atoms. The van der Waals surface area contributed by atoms with Crippen molar-refractivity contribution in [1.29, 1.82) is 0 Å². The number of nitrogens with two attached hydrogens (primary N) is 2. The molecule has 8 atom stereocenters. The lowest BCUT2D eigenvalue weighted by molar-refractivity contribution is -0.136. The molecule has 260 valence electrons. The van der Waals surface area contributed by atoms with E-state index in [2.05, 4.69) is 51.8 Å². The summed E-state index contributed by atoms with van der Waals surface area (Å²) in [4.78, 5) is 65.0. The topological polar surface area (TPSA) is 258 Å². The maximum Gasteiger partial charge on any atom is 0.245 e. The first kappa shape index (κ1) is 41.1. The highest BCUT2D eigenvalue weighted by Crippen LogP contribution is 2.06. The quantitative estimate of drug-likeness (QED) is 0.0453. The van der Waals surface area contributed by atoms with Gasteiger partial charge in [0, 0.05) is 11.5 Å². The van der Waals surface area contributed by atoms with Gasteiger partial charge in [0.25, 0.3) is 0 Å². The minimum atomic E-state index is -1.54. The first-order valence-electron chi connectivity index (χ1n) is 15.0. The van der Waals surface area contributed by atoms with Gasteiger partial charge in [0.15, 0.2) is 0 Å². The third-order valence-electron chi connectivity index (χ3n) is 7.02. The summed E-state index contributed by atoms with van der Waals surface area (Å²) in [5, 5.41) is 41.7. The summed E-state index contributed by atoms with van der Waals surface area (Å²) in [5.74, 6) is -4.08. The number of unbranched alkanes of at least 4 members (excludes halogenated alkanes) is 1. The van der Waals surface area contributed by atoms with Crippen molar-refractivity contribution in [3.05, 3.63) is 35.9 Å². The number of amides is 5. The summed E-state index contributed by atoms with van der Waals surface area (Å²) in [6.45, 7) is 2.39. The van der Waals surface area contributed by atoms with E-state index in [1.807, 2.05) is 30.3 Å². The van der Waals surface area contributed by atoms with Crippen LogP contribution < -0.4 is 38.1 Å². The van der Waals surface area contributed by atoms with Crippen molar-refractivity contribution >= 4 is 54.8 Å². The second-order valence-corrected chi connectivity index (χ2v) is 11.6. The van der Waals surface area contributed by atoms with Gasteiger partial charge in [0.1, 0.15) is 24.2 Å². The molecule has 46 heavy (non-hydrogen) atoms. The molecule has 15 nitrogen and oxygen atoms in total. The van der Waals surface area contributed by atoms with Crippen molar-refractivity contribution in [2.45, 2.75) is 88.0 Å². The van der Waals surface area contributed by atoms with Gasteiger partial charge in [-0.3, -0.25) is 24.0 Å². The van der Waals surface area contributed by atoms with Crippen molar-refractivity contribution in [3.63, 3.8) is 0 Å². The number of rotatable bonds is 21.